The van der Waals surface area contributed by atoms with Crippen LogP contribution in [0.4, 0.5) is 0 Å². The van der Waals surface area contributed by atoms with Crippen molar-refractivity contribution >= 4 is 11.7 Å². The highest BCUT2D eigenvalue weighted by atomic mass is 16.5. The van der Waals surface area contributed by atoms with E-state index in [0.29, 0.717) is 11.5 Å². The molecule has 2 aliphatic rings. The summed E-state index contributed by atoms with van der Waals surface area (Å²) in [4.78, 5) is 10.8. The van der Waals surface area contributed by atoms with Crippen LogP contribution >= 0.6 is 0 Å². The molecule has 2 fully saturated rings. The van der Waals surface area contributed by atoms with Crippen molar-refractivity contribution in [1.82, 2.24) is 0 Å². The van der Waals surface area contributed by atoms with E-state index in [4.69, 9.17) is 14.6 Å². The first-order valence-corrected chi connectivity index (χ1v) is 9.64. The van der Waals surface area contributed by atoms with Gasteiger partial charge in [0.25, 0.3) is 0 Å². The molecule has 0 radical (unpaired) electrons. The fraction of sp³-hybridized carbons (Fsp3) is 0.435. The van der Waals surface area contributed by atoms with Crippen molar-refractivity contribution in [2.75, 3.05) is 0 Å². The molecule has 27 heavy (non-hydrogen) atoms. The minimum Gasteiger partial charge on any atom is -0.488 e. The molecule has 144 valence electrons. The number of allylic oxidation sites excluding steroid dienone is 3. The monoisotopic (exact) mass is 368 g/mol. The second-order valence-corrected chi connectivity index (χ2v) is 8.12. The van der Waals surface area contributed by atoms with Crippen LogP contribution in [0.5, 0.6) is 5.75 Å². The summed E-state index contributed by atoms with van der Waals surface area (Å²) in [6.45, 7) is 6.20. The van der Waals surface area contributed by atoms with Crippen LogP contribution in [0.15, 0.2) is 53.3 Å². The van der Waals surface area contributed by atoms with Crippen LogP contribution in [0.25, 0.3) is 5.76 Å². The number of carboxylic acids is 1. The van der Waals surface area contributed by atoms with Crippen LogP contribution in [-0.2, 0) is 9.53 Å². The Morgan fingerprint density at radius 2 is 1.56 bits per heavy atom. The highest BCUT2D eigenvalue weighted by Crippen LogP contribution is 2.37. The van der Waals surface area contributed by atoms with E-state index in [1.165, 1.54) is 17.6 Å². The van der Waals surface area contributed by atoms with Crippen LogP contribution in [-0.4, -0.2) is 16.7 Å². The third kappa shape index (κ3) is 5.25. The Morgan fingerprint density at radius 3 is 2.00 bits per heavy atom. The number of aliphatic carboxylic acids is 1. The summed E-state index contributed by atoms with van der Waals surface area (Å²) in [5.41, 5.74) is 3.37. The molecule has 0 bridgehead atoms. The molecule has 3 rings (SSSR count). The Bertz CT molecular complexity index is 777. The highest BCUT2D eigenvalue weighted by Gasteiger charge is 2.22. The molecule has 0 spiro atoms. The number of rotatable bonds is 6. The van der Waals surface area contributed by atoms with E-state index < -0.39 is 5.97 Å². The lowest BCUT2D eigenvalue weighted by Gasteiger charge is -2.29. The second-order valence-electron chi connectivity index (χ2n) is 8.12. The van der Waals surface area contributed by atoms with E-state index in [-0.39, 0.29) is 5.60 Å². The van der Waals surface area contributed by atoms with Crippen LogP contribution in [0.2, 0.25) is 0 Å². The maximum atomic E-state index is 10.8. The molecule has 0 amide bonds. The predicted molar refractivity (Wildman–Crippen MR) is 106 cm³/mol. The zero-order chi connectivity index (χ0) is 19.4. The first-order chi connectivity index (χ1) is 12.8. The Kier molecular flexibility index (Phi) is 5.73. The lowest BCUT2D eigenvalue weighted by Crippen LogP contribution is -2.20. The van der Waals surface area contributed by atoms with Gasteiger partial charge in [-0.1, -0.05) is 0 Å². The van der Waals surface area contributed by atoms with Crippen LogP contribution in [0.1, 0.15) is 64.9 Å². The zero-order valence-corrected chi connectivity index (χ0v) is 16.4. The van der Waals surface area contributed by atoms with Gasteiger partial charge in [0.2, 0.25) is 0 Å². The van der Waals surface area contributed by atoms with Gasteiger partial charge in [0.1, 0.15) is 22.9 Å². The summed E-state index contributed by atoms with van der Waals surface area (Å²) in [6.07, 6.45) is 9.16. The van der Waals surface area contributed by atoms with Crippen molar-refractivity contribution < 1.29 is 19.4 Å². The molecule has 2 aliphatic carbocycles. The van der Waals surface area contributed by atoms with Gasteiger partial charge in [-0.05, 0) is 101 Å². The summed E-state index contributed by atoms with van der Waals surface area (Å²) in [5, 5.41) is 8.89. The van der Waals surface area contributed by atoms with E-state index in [1.807, 2.05) is 24.3 Å². The molecule has 0 aromatic heterocycles. The van der Waals surface area contributed by atoms with Crippen molar-refractivity contribution in [2.45, 2.75) is 64.9 Å². The molecule has 0 saturated heterocycles. The summed E-state index contributed by atoms with van der Waals surface area (Å²) < 4.78 is 12.2. The molecular formula is C23H28O4. The van der Waals surface area contributed by atoms with Crippen molar-refractivity contribution in [3.05, 3.63) is 58.9 Å². The maximum Gasteiger partial charge on any atom is 0.328 e. The number of hydrogen-bond acceptors (Lipinski definition) is 3. The van der Waals surface area contributed by atoms with Crippen molar-refractivity contribution in [2.24, 2.45) is 0 Å². The van der Waals surface area contributed by atoms with Crippen molar-refractivity contribution in [1.29, 1.82) is 0 Å². The fourth-order valence-electron chi connectivity index (χ4n) is 2.99. The largest absolute Gasteiger partial charge is 0.488 e. The molecule has 0 aliphatic heterocycles. The molecule has 0 heterocycles. The molecule has 0 unspecified atom stereocenters. The predicted octanol–water partition coefficient (Wildman–Crippen LogP) is 5.85. The van der Waals surface area contributed by atoms with E-state index in [9.17, 15) is 4.79 Å². The molecule has 1 aromatic rings. The lowest BCUT2D eigenvalue weighted by atomic mass is 9.89. The molecule has 1 aromatic carbocycles. The van der Waals surface area contributed by atoms with Crippen molar-refractivity contribution in [3.63, 3.8) is 0 Å². The first-order valence-electron chi connectivity index (χ1n) is 9.64. The third-order valence-corrected chi connectivity index (χ3v) is 4.71. The van der Waals surface area contributed by atoms with Gasteiger partial charge in [0.15, 0.2) is 0 Å². The van der Waals surface area contributed by atoms with E-state index in [2.05, 4.69) is 20.8 Å². The van der Waals surface area contributed by atoms with Crippen LogP contribution in [0, 0.1) is 0 Å². The third-order valence-electron chi connectivity index (χ3n) is 4.71. The lowest BCUT2D eigenvalue weighted by molar-refractivity contribution is -0.131. The zero-order valence-electron chi connectivity index (χ0n) is 16.4. The number of ether oxygens (including phenoxy) is 2. The summed E-state index contributed by atoms with van der Waals surface area (Å²) in [5.74, 6) is 1.38. The summed E-state index contributed by atoms with van der Waals surface area (Å²) >= 11 is 0. The topological polar surface area (TPSA) is 55.8 Å². The average molecular weight is 368 g/mol. The molecule has 4 heteroatoms. The summed E-state index contributed by atoms with van der Waals surface area (Å²) in [6, 6.07) is 7.89. The molecule has 1 N–H and O–H groups in total. The minimum absolute atomic E-state index is 0.240. The van der Waals surface area contributed by atoms with Gasteiger partial charge in [-0.25, -0.2) is 4.79 Å². The van der Waals surface area contributed by atoms with E-state index in [0.717, 1.165) is 49.5 Å². The quantitative estimate of drug-likeness (QED) is 0.505. The standard InChI is InChI=1S/C23H28O4/c1-23(2,3)27-22(17-8-5-9-17)18-10-12-19(13-11-18)26-20(14-15-21(24)25)16-6-4-7-16/h10-15H,4-9H2,1-3H3,(H,24,25)/b15-14+. The Balaban J connectivity index is 1.79. The number of benzene rings is 1. The normalized spacial score (nSPS) is 16.6. The van der Waals surface area contributed by atoms with Gasteiger partial charge in [0, 0.05) is 11.6 Å². The van der Waals surface area contributed by atoms with Gasteiger partial charge < -0.3 is 14.6 Å². The van der Waals surface area contributed by atoms with Gasteiger partial charge in [0.05, 0.1) is 0 Å². The van der Waals surface area contributed by atoms with E-state index in [1.54, 1.807) is 6.08 Å². The van der Waals surface area contributed by atoms with Crippen molar-refractivity contribution in [3.8, 4) is 5.75 Å². The molecule has 0 atom stereocenters. The Hall–Kier alpha value is -2.49. The number of hydrogen-bond donors (Lipinski definition) is 1. The van der Waals surface area contributed by atoms with Crippen LogP contribution < -0.4 is 4.74 Å². The first kappa shape index (κ1) is 19.3. The minimum atomic E-state index is -0.970. The van der Waals surface area contributed by atoms with Gasteiger partial charge >= 0.3 is 5.97 Å². The van der Waals surface area contributed by atoms with E-state index >= 15 is 0 Å². The Labute approximate surface area is 161 Å². The number of carboxylic acid groups (broad SMARTS) is 1. The average Bonchev–Trinajstić information content (AvgIpc) is 2.48. The van der Waals surface area contributed by atoms with Gasteiger partial charge in [-0.2, -0.15) is 0 Å². The van der Waals surface area contributed by atoms with Gasteiger partial charge in [-0.15, -0.1) is 0 Å². The molecule has 4 nitrogen and oxygen atoms in total. The Morgan fingerprint density at radius 1 is 0.963 bits per heavy atom. The highest BCUT2D eigenvalue weighted by molar-refractivity contribution is 5.80. The fourth-order valence-corrected chi connectivity index (χ4v) is 2.99. The maximum absolute atomic E-state index is 10.8. The second kappa shape index (κ2) is 8.03. The smallest absolute Gasteiger partial charge is 0.328 e. The van der Waals surface area contributed by atoms with Crippen LogP contribution in [0.3, 0.4) is 0 Å². The van der Waals surface area contributed by atoms with Gasteiger partial charge in [-0.3, -0.25) is 0 Å². The number of carbonyl (C=O) groups is 1. The molecular weight excluding hydrogens is 340 g/mol. The molecule has 2 saturated carbocycles. The summed E-state index contributed by atoms with van der Waals surface area (Å²) in [7, 11) is 0. The SMILES string of the molecule is CC(C)(C)OC(=C1CCC1)c1ccc(OC(/C=C/C(=O)O)=C2CCC2)cc1.